The van der Waals surface area contributed by atoms with Crippen molar-refractivity contribution >= 4 is 29.3 Å². The van der Waals surface area contributed by atoms with Crippen LogP contribution in [0.25, 0.3) is 0 Å². The zero-order valence-electron chi connectivity index (χ0n) is 20.0. The highest BCUT2D eigenvalue weighted by Crippen LogP contribution is 2.39. The first-order chi connectivity index (χ1) is 17.9. The second-order valence-electron chi connectivity index (χ2n) is 8.59. The van der Waals surface area contributed by atoms with Crippen molar-refractivity contribution in [3.05, 3.63) is 94.8 Å². The molecule has 0 spiro atoms. The fourth-order valence-corrected chi connectivity index (χ4v) is 4.87. The number of anilines is 1. The fourth-order valence-electron chi connectivity index (χ4n) is 3.93. The first-order valence-corrected chi connectivity index (χ1v) is 12.8. The van der Waals surface area contributed by atoms with Gasteiger partial charge < -0.3 is 30.2 Å². The maximum atomic E-state index is 12.1. The minimum Gasteiger partial charge on any atom is -0.618 e. The van der Waals surface area contributed by atoms with Crippen molar-refractivity contribution in [2.45, 2.75) is 49.4 Å². The molecule has 1 aliphatic heterocycles. The Kier molecular flexibility index (Phi) is 9.13. The molecule has 3 N–H and O–H groups in total. The lowest BCUT2D eigenvalue weighted by molar-refractivity contribution is -0.645. The highest BCUT2D eigenvalue weighted by Gasteiger charge is 2.33. The molecule has 37 heavy (non-hydrogen) atoms. The van der Waals surface area contributed by atoms with Crippen LogP contribution in [-0.2, 0) is 25.7 Å². The van der Waals surface area contributed by atoms with Gasteiger partial charge in [-0.1, -0.05) is 48.2 Å². The van der Waals surface area contributed by atoms with E-state index in [1.54, 1.807) is 30.3 Å². The van der Waals surface area contributed by atoms with E-state index < -0.39 is 18.2 Å². The number of carboxylic acid groups (broad SMARTS) is 1. The van der Waals surface area contributed by atoms with Crippen molar-refractivity contribution < 1.29 is 34.0 Å². The minimum atomic E-state index is -1.03. The maximum absolute atomic E-state index is 12.1. The van der Waals surface area contributed by atoms with Crippen molar-refractivity contribution in [3.8, 4) is 0 Å². The summed E-state index contributed by atoms with van der Waals surface area (Å²) in [7, 11) is 0. The van der Waals surface area contributed by atoms with Crippen molar-refractivity contribution in [2.75, 3.05) is 11.1 Å². The number of ether oxygens (including phenoxy) is 2. The average Bonchev–Trinajstić information content (AvgIpc) is 2.91. The molecule has 1 amide bonds. The lowest BCUT2D eigenvalue weighted by Gasteiger charge is -2.36. The average molecular weight is 525 g/mol. The Morgan fingerprint density at radius 3 is 2.57 bits per heavy atom. The maximum Gasteiger partial charge on any atom is 0.303 e. The van der Waals surface area contributed by atoms with Crippen molar-refractivity contribution in [2.24, 2.45) is 0 Å². The number of aliphatic carboxylic acids is 1. The molecule has 1 fully saturated rings. The van der Waals surface area contributed by atoms with Crippen LogP contribution in [0.2, 0.25) is 0 Å². The van der Waals surface area contributed by atoms with E-state index in [-0.39, 0.29) is 31.7 Å². The molecule has 2 heterocycles. The Labute approximate surface area is 218 Å². The topological polar surface area (TPSA) is 132 Å². The zero-order valence-corrected chi connectivity index (χ0v) is 20.8. The predicted octanol–water partition coefficient (Wildman–Crippen LogP) is 3.95. The number of nitrogens with zero attached hydrogens (tertiary/aromatic N) is 1. The summed E-state index contributed by atoms with van der Waals surface area (Å²) in [4.78, 5) is 22.9. The van der Waals surface area contributed by atoms with Gasteiger partial charge in [0.1, 0.15) is 0 Å². The van der Waals surface area contributed by atoms with E-state index in [0.29, 0.717) is 28.5 Å². The largest absolute Gasteiger partial charge is 0.618 e. The Morgan fingerprint density at radius 2 is 1.84 bits per heavy atom. The van der Waals surface area contributed by atoms with Gasteiger partial charge in [-0.25, -0.2) is 0 Å². The summed E-state index contributed by atoms with van der Waals surface area (Å²) in [6.07, 6.45) is 0.396. The van der Waals surface area contributed by atoms with Crippen molar-refractivity contribution in [3.63, 3.8) is 0 Å². The molecule has 3 aromatic rings. The lowest BCUT2D eigenvalue weighted by Crippen LogP contribution is -2.32. The van der Waals surface area contributed by atoms with Crippen LogP contribution in [0.15, 0.2) is 78.0 Å². The molecular formula is C27H28N2O7S. The van der Waals surface area contributed by atoms with Crippen molar-refractivity contribution in [1.82, 2.24) is 0 Å². The summed E-state index contributed by atoms with van der Waals surface area (Å²) in [6, 6.07) is 19.9. The number of pyridine rings is 1. The van der Waals surface area contributed by atoms with Gasteiger partial charge in [0.05, 0.1) is 25.2 Å². The van der Waals surface area contributed by atoms with Crippen molar-refractivity contribution in [1.29, 1.82) is 0 Å². The van der Waals surface area contributed by atoms with Crippen LogP contribution in [0.5, 0.6) is 0 Å². The highest BCUT2D eigenvalue weighted by molar-refractivity contribution is 7.99. The molecule has 0 aliphatic carbocycles. The van der Waals surface area contributed by atoms with Gasteiger partial charge in [0, 0.05) is 42.0 Å². The molecule has 1 aromatic heterocycles. The summed E-state index contributed by atoms with van der Waals surface area (Å²) in [5, 5.41) is 33.5. The number of carbonyl (C=O) groups excluding carboxylic acids is 1. The van der Waals surface area contributed by atoms with Gasteiger partial charge in [-0.05, 0) is 29.3 Å². The van der Waals surface area contributed by atoms with Gasteiger partial charge in [0.25, 0.3) is 5.03 Å². The van der Waals surface area contributed by atoms with Crippen LogP contribution in [0.3, 0.4) is 0 Å². The van der Waals surface area contributed by atoms with Gasteiger partial charge in [-0.15, -0.1) is 0 Å². The molecule has 1 saturated heterocycles. The van der Waals surface area contributed by atoms with Crippen LogP contribution in [0.1, 0.15) is 48.3 Å². The van der Waals surface area contributed by atoms with E-state index in [4.69, 9.17) is 14.6 Å². The molecule has 1 aliphatic rings. The smallest absolute Gasteiger partial charge is 0.303 e. The number of aromatic nitrogens is 1. The molecule has 4 rings (SSSR count). The second kappa shape index (κ2) is 12.7. The van der Waals surface area contributed by atoms with E-state index in [0.717, 1.165) is 15.9 Å². The van der Waals surface area contributed by atoms with Gasteiger partial charge in [0.15, 0.2) is 12.5 Å². The monoisotopic (exact) mass is 524 g/mol. The van der Waals surface area contributed by atoms with E-state index in [1.807, 2.05) is 36.4 Å². The highest BCUT2D eigenvalue weighted by atomic mass is 32.2. The van der Waals surface area contributed by atoms with Crippen LogP contribution in [0.4, 0.5) is 5.69 Å². The first-order valence-electron chi connectivity index (χ1n) is 11.8. The summed E-state index contributed by atoms with van der Waals surface area (Å²) < 4.78 is 13.4. The number of hydrogen-bond donors (Lipinski definition) is 3. The number of nitrogens with one attached hydrogen (secondary N) is 1. The van der Waals surface area contributed by atoms with E-state index >= 15 is 0 Å². The minimum absolute atomic E-state index is 0.0476. The Bertz CT molecular complexity index is 1220. The van der Waals surface area contributed by atoms with Gasteiger partial charge in [-0.2, -0.15) is 4.73 Å². The Morgan fingerprint density at radius 1 is 1.03 bits per heavy atom. The van der Waals surface area contributed by atoms with E-state index in [2.05, 4.69) is 5.32 Å². The molecule has 3 atom stereocenters. The number of aliphatic hydroxyl groups excluding tert-OH is 1. The molecule has 0 radical (unpaired) electrons. The number of thioether (sulfide) groups is 1. The van der Waals surface area contributed by atoms with Crippen LogP contribution < -0.4 is 10.0 Å². The SMILES string of the molecule is O=C(O)CCC(=O)Nc1cccc([C@H]2O[C@@H](CSc3cccc[n+]3[O-])C[C@@H](c3ccc(CO)cc3)O2)c1. The number of aliphatic hydroxyl groups is 1. The number of benzene rings is 2. The molecule has 9 nitrogen and oxygen atoms in total. The van der Waals surface area contributed by atoms with Gasteiger partial charge in [0.2, 0.25) is 5.91 Å². The summed E-state index contributed by atoms with van der Waals surface area (Å²) >= 11 is 1.41. The van der Waals surface area contributed by atoms with Gasteiger partial charge in [-0.3, -0.25) is 9.59 Å². The first kappa shape index (κ1) is 26.6. The summed E-state index contributed by atoms with van der Waals surface area (Å²) in [5.74, 6) is -0.897. The number of rotatable bonds is 10. The third-order valence-electron chi connectivity index (χ3n) is 5.83. The second-order valence-corrected chi connectivity index (χ2v) is 9.63. The van der Waals surface area contributed by atoms with Crippen LogP contribution in [0, 0.1) is 5.21 Å². The molecule has 10 heteroatoms. The molecule has 0 bridgehead atoms. The molecule has 194 valence electrons. The van der Waals surface area contributed by atoms with E-state index in [1.165, 1.54) is 18.0 Å². The number of carboxylic acids is 1. The molecule has 0 saturated carbocycles. The predicted molar refractivity (Wildman–Crippen MR) is 136 cm³/mol. The van der Waals surface area contributed by atoms with Crippen LogP contribution >= 0.6 is 11.8 Å². The molecule has 2 aromatic carbocycles. The normalized spacial score (nSPS) is 19.3. The fraction of sp³-hybridized carbons (Fsp3) is 0.296. The summed E-state index contributed by atoms with van der Waals surface area (Å²) in [5.41, 5.74) is 2.95. The van der Waals surface area contributed by atoms with Gasteiger partial charge >= 0.3 is 5.97 Å². The number of carbonyl (C=O) groups is 2. The summed E-state index contributed by atoms with van der Waals surface area (Å²) in [6.45, 7) is -0.0476. The lowest BCUT2D eigenvalue weighted by atomic mass is 10.0. The molecular weight excluding hydrogens is 496 g/mol. The zero-order chi connectivity index (χ0) is 26.2. The van der Waals surface area contributed by atoms with Crippen LogP contribution in [-0.4, -0.2) is 33.9 Å². The third-order valence-corrected chi connectivity index (χ3v) is 6.98. The third kappa shape index (κ3) is 7.53. The number of hydrogen-bond acceptors (Lipinski definition) is 7. The Hall–Kier alpha value is -3.44. The Balaban J connectivity index is 1.52. The number of amides is 1. The standard InChI is InChI=1S/C27H28N2O7S/c30-16-18-7-9-19(10-8-18)23-15-22(17-37-25-6-1-2-13-29(25)34)35-27(36-23)20-4-3-5-21(14-20)28-24(31)11-12-26(32)33/h1-10,13-14,22-23,27,30H,11-12,15-17H2,(H,28,31)(H,32,33)/t22-,23+,27+/m1/s1. The quantitative estimate of drug-likeness (QED) is 0.206. The molecule has 0 unspecified atom stereocenters. The van der Waals surface area contributed by atoms with E-state index in [9.17, 15) is 19.9 Å².